The molecule has 1 aromatic rings. The number of ether oxygens (including phenoxy) is 3. The molecule has 0 aliphatic carbocycles. The van der Waals surface area contributed by atoms with Crippen LogP contribution in [-0.4, -0.2) is 68.9 Å². The van der Waals surface area contributed by atoms with E-state index in [1.54, 1.807) is 0 Å². The number of methoxy groups -OCH3 is 3. The topological polar surface area (TPSA) is 114 Å². The highest BCUT2D eigenvalue weighted by Gasteiger charge is 2.35. The van der Waals surface area contributed by atoms with E-state index in [-0.39, 0.29) is 42.2 Å². The molecule has 0 unspecified atom stereocenters. The molecule has 1 aliphatic rings. The van der Waals surface area contributed by atoms with Crippen molar-refractivity contribution in [3.05, 3.63) is 33.4 Å². The van der Waals surface area contributed by atoms with Crippen LogP contribution in [0.3, 0.4) is 0 Å². The maximum atomic E-state index is 12.6. The zero-order valence-corrected chi connectivity index (χ0v) is 16.6. The molecule has 27 heavy (non-hydrogen) atoms. The van der Waals surface area contributed by atoms with Gasteiger partial charge in [0, 0.05) is 6.54 Å². The van der Waals surface area contributed by atoms with Crippen molar-refractivity contribution in [2.45, 2.75) is 0 Å². The lowest BCUT2D eigenvalue weighted by Crippen LogP contribution is -2.31. The first-order chi connectivity index (χ1) is 12.9. The minimum absolute atomic E-state index is 0.0146. The number of amides is 1. The maximum absolute atomic E-state index is 12.6. The first-order valence-corrected chi connectivity index (χ1v) is 8.61. The van der Waals surface area contributed by atoms with E-state index in [9.17, 15) is 14.4 Å². The Morgan fingerprint density at radius 2 is 1.89 bits per heavy atom. The predicted molar refractivity (Wildman–Crippen MR) is 98.4 cm³/mol. The Morgan fingerprint density at radius 1 is 1.22 bits per heavy atom. The molecule has 1 heterocycles. The van der Waals surface area contributed by atoms with Crippen LogP contribution in [0.25, 0.3) is 0 Å². The van der Waals surface area contributed by atoms with Crippen molar-refractivity contribution in [2.75, 3.05) is 46.3 Å². The van der Waals surface area contributed by atoms with E-state index in [4.69, 9.17) is 19.3 Å². The quantitative estimate of drug-likeness (QED) is 0.599. The lowest BCUT2D eigenvalue weighted by Gasteiger charge is -2.16. The summed E-state index contributed by atoms with van der Waals surface area (Å²) in [5.41, 5.74) is 0.420. The number of β-amino-alcohol motifs (C(OH)–C–C–N with tert-alkyl or cyclic N) is 1. The summed E-state index contributed by atoms with van der Waals surface area (Å²) in [7, 11) is 3.87. The number of hydrogen-bond acceptors (Lipinski definition) is 8. The second-order valence-electron chi connectivity index (χ2n) is 5.44. The van der Waals surface area contributed by atoms with Gasteiger partial charge in [0.05, 0.1) is 55.8 Å². The Kier molecular flexibility index (Phi) is 6.81. The molecule has 10 heteroatoms. The number of rotatable bonds is 7. The molecular formula is C17H19BrN2O7. The van der Waals surface area contributed by atoms with Crippen molar-refractivity contribution in [3.63, 3.8) is 0 Å². The first kappa shape index (κ1) is 20.7. The number of aliphatic hydroxyl groups excluding tert-OH is 1. The average molecular weight is 443 g/mol. The number of benzene rings is 1. The van der Waals surface area contributed by atoms with Gasteiger partial charge in [0.15, 0.2) is 0 Å². The molecule has 0 fully saturated rings. The highest BCUT2D eigenvalue weighted by molar-refractivity contribution is 9.10. The number of esters is 2. The van der Waals surface area contributed by atoms with Crippen molar-refractivity contribution >= 4 is 39.5 Å². The van der Waals surface area contributed by atoms with Crippen LogP contribution < -0.4 is 10.1 Å². The number of nitrogens with one attached hydrogen (secondary N) is 1. The van der Waals surface area contributed by atoms with Crippen LogP contribution in [0.15, 0.2) is 27.9 Å². The fourth-order valence-corrected chi connectivity index (χ4v) is 3.08. The molecule has 1 amide bonds. The van der Waals surface area contributed by atoms with E-state index >= 15 is 0 Å². The first-order valence-electron chi connectivity index (χ1n) is 7.82. The molecule has 0 bridgehead atoms. The molecule has 0 saturated carbocycles. The number of aliphatic hydroxyl groups is 1. The summed E-state index contributed by atoms with van der Waals surface area (Å²) in [6.07, 6.45) is 0. The number of halogens is 1. The van der Waals surface area contributed by atoms with Crippen molar-refractivity contribution < 1.29 is 33.7 Å². The van der Waals surface area contributed by atoms with E-state index in [0.29, 0.717) is 10.2 Å². The normalized spacial score (nSPS) is 13.7. The van der Waals surface area contributed by atoms with Crippen LogP contribution >= 0.6 is 15.9 Å². The Labute approximate surface area is 164 Å². The van der Waals surface area contributed by atoms with Gasteiger partial charge in [0.2, 0.25) is 0 Å². The zero-order valence-electron chi connectivity index (χ0n) is 15.0. The van der Waals surface area contributed by atoms with E-state index in [1.165, 1.54) is 38.4 Å². The summed E-state index contributed by atoms with van der Waals surface area (Å²) < 4.78 is 15.2. The standard InChI is InChI=1S/C17H19BrN2O7/c1-25-13-6-9(16(23)26-2)12(7-11(13)18)19-14-10(17(24)27-3)8-20(4-5-21)15(14)22/h6-7,19,21H,4-5,8H2,1-3H3. The van der Waals surface area contributed by atoms with Gasteiger partial charge in [-0.3, -0.25) is 4.79 Å². The zero-order chi connectivity index (χ0) is 20.1. The molecule has 2 rings (SSSR count). The minimum Gasteiger partial charge on any atom is -0.496 e. The molecule has 0 spiro atoms. The molecular weight excluding hydrogens is 424 g/mol. The minimum atomic E-state index is -0.682. The molecule has 1 aromatic carbocycles. The third-order valence-electron chi connectivity index (χ3n) is 3.91. The maximum Gasteiger partial charge on any atom is 0.340 e. The second kappa shape index (κ2) is 8.87. The predicted octanol–water partition coefficient (Wildman–Crippen LogP) is 0.918. The lowest BCUT2D eigenvalue weighted by molar-refractivity contribution is -0.136. The Hall–Kier alpha value is -2.59. The smallest absolute Gasteiger partial charge is 0.340 e. The molecule has 0 atom stereocenters. The third kappa shape index (κ3) is 4.22. The Morgan fingerprint density at radius 3 is 2.44 bits per heavy atom. The van der Waals surface area contributed by atoms with Gasteiger partial charge in [0.25, 0.3) is 5.91 Å². The fourth-order valence-electron chi connectivity index (χ4n) is 2.58. The third-order valence-corrected chi connectivity index (χ3v) is 4.53. The fraction of sp³-hybridized carbons (Fsp3) is 0.353. The van der Waals surface area contributed by atoms with E-state index in [2.05, 4.69) is 21.2 Å². The summed E-state index contributed by atoms with van der Waals surface area (Å²) in [5.74, 6) is -1.44. The van der Waals surface area contributed by atoms with E-state index in [0.717, 1.165) is 0 Å². The molecule has 0 aromatic heterocycles. The van der Waals surface area contributed by atoms with E-state index in [1.807, 2.05) is 0 Å². The Balaban J connectivity index is 2.51. The molecule has 0 radical (unpaired) electrons. The molecule has 1 aliphatic heterocycles. The summed E-state index contributed by atoms with van der Waals surface area (Å²) in [6.45, 7) is -0.213. The second-order valence-corrected chi connectivity index (χ2v) is 6.30. The summed E-state index contributed by atoms with van der Waals surface area (Å²) >= 11 is 3.32. The molecule has 9 nitrogen and oxygen atoms in total. The van der Waals surface area contributed by atoms with Crippen LogP contribution in [0.5, 0.6) is 5.75 Å². The van der Waals surface area contributed by atoms with Crippen LogP contribution in [0, 0.1) is 0 Å². The average Bonchev–Trinajstić information content (AvgIpc) is 2.97. The van der Waals surface area contributed by atoms with Crippen molar-refractivity contribution in [2.24, 2.45) is 0 Å². The molecule has 146 valence electrons. The van der Waals surface area contributed by atoms with Crippen LogP contribution in [0.1, 0.15) is 10.4 Å². The lowest BCUT2D eigenvalue weighted by atomic mass is 10.1. The van der Waals surface area contributed by atoms with Crippen molar-refractivity contribution in [1.29, 1.82) is 0 Å². The van der Waals surface area contributed by atoms with Gasteiger partial charge in [-0.25, -0.2) is 9.59 Å². The van der Waals surface area contributed by atoms with Gasteiger partial charge in [0.1, 0.15) is 11.4 Å². The van der Waals surface area contributed by atoms with Gasteiger partial charge >= 0.3 is 11.9 Å². The van der Waals surface area contributed by atoms with Gasteiger partial charge in [-0.2, -0.15) is 0 Å². The summed E-state index contributed by atoms with van der Waals surface area (Å²) in [6, 6.07) is 2.98. The number of anilines is 1. The number of carbonyl (C=O) groups excluding carboxylic acids is 3. The van der Waals surface area contributed by atoms with Crippen molar-refractivity contribution in [3.8, 4) is 5.75 Å². The monoisotopic (exact) mass is 442 g/mol. The van der Waals surface area contributed by atoms with Gasteiger partial charge in [-0.1, -0.05) is 0 Å². The molecule has 0 saturated heterocycles. The summed E-state index contributed by atoms with van der Waals surface area (Å²) in [4.78, 5) is 38.1. The Bertz CT molecular complexity index is 807. The van der Waals surface area contributed by atoms with Crippen LogP contribution in [0.2, 0.25) is 0 Å². The summed E-state index contributed by atoms with van der Waals surface area (Å²) in [5, 5.41) is 12.0. The van der Waals surface area contributed by atoms with Gasteiger partial charge < -0.3 is 29.5 Å². The van der Waals surface area contributed by atoms with Gasteiger partial charge in [-0.05, 0) is 28.1 Å². The SMILES string of the molecule is COC(=O)C1=C(Nc2cc(Br)c(OC)cc2C(=O)OC)C(=O)N(CCO)C1. The van der Waals surface area contributed by atoms with Crippen molar-refractivity contribution in [1.82, 2.24) is 4.90 Å². The highest BCUT2D eigenvalue weighted by Crippen LogP contribution is 2.34. The largest absolute Gasteiger partial charge is 0.496 e. The van der Waals surface area contributed by atoms with Crippen LogP contribution in [0.4, 0.5) is 5.69 Å². The molecule has 2 N–H and O–H groups in total. The number of hydrogen-bond donors (Lipinski definition) is 2. The van der Waals surface area contributed by atoms with Gasteiger partial charge in [-0.15, -0.1) is 0 Å². The van der Waals surface area contributed by atoms with E-state index < -0.39 is 17.8 Å². The number of nitrogens with zero attached hydrogens (tertiary/aromatic N) is 1. The van der Waals surface area contributed by atoms with Crippen LogP contribution in [-0.2, 0) is 19.1 Å². The highest BCUT2D eigenvalue weighted by atomic mass is 79.9. The number of carbonyl (C=O) groups is 3.